The van der Waals surface area contributed by atoms with Crippen LogP contribution in [0.5, 0.6) is 5.75 Å². The van der Waals surface area contributed by atoms with E-state index < -0.39 is 23.8 Å². The van der Waals surface area contributed by atoms with Crippen LogP contribution in [0.25, 0.3) is 43.8 Å². The lowest BCUT2D eigenvalue weighted by atomic mass is 9.98. The number of carboxylic acids is 1. The van der Waals surface area contributed by atoms with Crippen LogP contribution < -0.4 is 20.8 Å². The van der Waals surface area contributed by atoms with Crippen LogP contribution >= 0.6 is 11.6 Å². The van der Waals surface area contributed by atoms with Crippen molar-refractivity contribution in [3.05, 3.63) is 112 Å². The number of aromatic carboxylic acids is 1. The molecule has 0 bridgehead atoms. The van der Waals surface area contributed by atoms with Crippen molar-refractivity contribution in [2.45, 2.75) is 65.5 Å². The van der Waals surface area contributed by atoms with Gasteiger partial charge in [0.05, 0.1) is 33.9 Å². The lowest BCUT2D eigenvalue weighted by molar-refractivity contribution is -0.134. The minimum absolute atomic E-state index is 0.135. The first-order valence-corrected chi connectivity index (χ1v) is 20.4. The number of nitrogens with one attached hydrogen (secondary N) is 3. The Hall–Kier alpha value is -6.74. The Balaban J connectivity index is 1.07. The molecule has 0 radical (unpaired) electrons. The highest BCUT2D eigenvalue weighted by Crippen LogP contribution is 2.42. The van der Waals surface area contributed by atoms with E-state index in [9.17, 15) is 28.7 Å². The van der Waals surface area contributed by atoms with Crippen LogP contribution in [-0.2, 0) is 29.6 Å². The molecule has 1 aliphatic heterocycles. The van der Waals surface area contributed by atoms with Gasteiger partial charge < -0.3 is 25.2 Å². The molecule has 1 unspecified atom stereocenters. The predicted molar refractivity (Wildman–Crippen MR) is 230 cm³/mol. The van der Waals surface area contributed by atoms with Gasteiger partial charge in [-0.15, -0.1) is 0 Å². The minimum Gasteiger partial charge on any atom is -0.493 e. The maximum atomic E-state index is 13.9. The Morgan fingerprint density at radius 1 is 1.02 bits per heavy atom. The number of carboxylic acid groups (broad SMARTS) is 1. The second-order valence-corrected chi connectivity index (χ2v) is 15.7. The third kappa shape index (κ3) is 7.76. The Morgan fingerprint density at radius 3 is 2.56 bits per heavy atom. The summed E-state index contributed by atoms with van der Waals surface area (Å²) in [7, 11) is 1.86. The number of aryl methyl sites for hydroxylation is 5. The van der Waals surface area contributed by atoms with Crippen LogP contribution in [0.15, 0.2) is 66.7 Å². The fourth-order valence-corrected chi connectivity index (χ4v) is 8.71. The van der Waals surface area contributed by atoms with Gasteiger partial charge in [0.2, 0.25) is 11.8 Å². The summed E-state index contributed by atoms with van der Waals surface area (Å²) in [4.78, 5) is 55.3. The molecule has 3 aromatic heterocycles. The van der Waals surface area contributed by atoms with Crippen molar-refractivity contribution >= 4 is 68.0 Å². The average molecular weight is 847 g/mol. The lowest BCUT2D eigenvalue weighted by Crippen LogP contribution is -2.52. The van der Waals surface area contributed by atoms with Gasteiger partial charge in [-0.3, -0.25) is 24.4 Å². The van der Waals surface area contributed by atoms with Gasteiger partial charge in [-0.2, -0.15) is 5.10 Å². The molecule has 7 aromatic rings. The molecule has 0 saturated carbocycles. The summed E-state index contributed by atoms with van der Waals surface area (Å²) in [5.74, 6) is -1.58. The zero-order valence-corrected chi connectivity index (χ0v) is 34.8. The number of hydrogen-bond acceptors (Lipinski definition) is 8. The highest BCUT2D eigenvalue weighted by molar-refractivity contribution is 6.35. The number of ether oxygens (including phenoxy) is 1. The quantitative estimate of drug-likeness (QED) is 0.0655. The number of fused-ring (bicyclic) bond motifs is 3. The Bertz CT molecular complexity index is 2920. The lowest BCUT2D eigenvalue weighted by Gasteiger charge is -2.21. The molecule has 16 heteroatoms. The third-order valence-corrected chi connectivity index (χ3v) is 11.7. The van der Waals surface area contributed by atoms with E-state index in [-0.39, 0.29) is 35.8 Å². The number of benzene rings is 4. The van der Waals surface area contributed by atoms with Crippen LogP contribution in [-0.4, -0.2) is 72.0 Å². The minimum atomic E-state index is -1.07. The summed E-state index contributed by atoms with van der Waals surface area (Å²) < 4.78 is 25.5. The van der Waals surface area contributed by atoms with Gasteiger partial charge in [-0.1, -0.05) is 35.9 Å². The first-order chi connectivity index (χ1) is 29.3. The van der Waals surface area contributed by atoms with Crippen molar-refractivity contribution in [2.24, 2.45) is 7.05 Å². The summed E-state index contributed by atoms with van der Waals surface area (Å²) in [5.41, 5.74) is 9.49. The maximum absolute atomic E-state index is 13.9. The Morgan fingerprint density at radius 2 is 1.80 bits per heavy atom. The summed E-state index contributed by atoms with van der Waals surface area (Å²) in [6, 6.07) is 18.1. The first-order valence-electron chi connectivity index (χ1n) is 20.1. The summed E-state index contributed by atoms with van der Waals surface area (Å²) in [6.07, 6.45) is 1.73. The molecule has 1 atom stereocenters. The summed E-state index contributed by atoms with van der Waals surface area (Å²) >= 11 is 7.03. The van der Waals surface area contributed by atoms with E-state index >= 15 is 0 Å². The zero-order chi connectivity index (χ0) is 43.1. The number of rotatable bonds is 14. The Kier molecular flexibility index (Phi) is 11.2. The van der Waals surface area contributed by atoms with Crippen LogP contribution in [0, 0.1) is 26.6 Å². The largest absolute Gasteiger partial charge is 0.493 e. The van der Waals surface area contributed by atoms with Gasteiger partial charge >= 0.3 is 5.97 Å². The number of hydrogen-bond donors (Lipinski definition) is 4. The molecule has 8 rings (SSSR count). The number of halogens is 2. The molecular formula is C45H44ClFN8O6. The molecule has 1 fully saturated rings. The van der Waals surface area contributed by atoms with E-state index in [1.54, 1.807) is 34.5 Å². The maximum Gasteiger partial charge on any atom is 0.352 e. The number of piperidine rings is 1. The summed E-state index contributed by atoms with van der Waals surface area (Å²) in [5, 5.41) is 23.3. The van der Waals surface area contributed by atoms with Crippen molar-refractivity contribution in [3.8, 4) is 16.9 Å². The van der Waals surface area contributed by atoms with E-state index in [1.807, 2.05) is 61.9 Å². The van der Waals surface area contributed by atoms with E-state index in [2.05, 4.69) is 26.1 Å². The van der Waals surface area contributed by atoms with Crippen LogP contribution in [0.2, 0.25) is 5.02 Å². The molecule has 0 spiro atoms. The van der Waals surface area contributed by atoms with E-state index in [0.717, 1.165) is 33.1 Å². The van der Waals surface area contributed by atoms with Gasteiger partial charge in [0, 0.05) is 54.2 Å². The highest BCUT2D eigenvalue weighted by Gasteiger charge is 2.30. The van der Waals surface area contributed by atoms with Gasteiger partial charge in [-0.25, -0.2) is 18.8 Å². The third-order valence-electron chi connectivity index (χ3n) is 11.3. The molecule has 1 aliphatic rings. The predicted octanol–water partition coefficient (Wildman–Crippen LogP) is 7.14. The fourth-order valence-electron chi connectivity index (χ4n) is 8.46. The van der Waals surface area contributed by atoms with Crippen LogP contribution in [0.3, 0.4) is 0 Å². The topological polar surface area (TPSA) is 174 Å². The van der Waals surface area contributed by atoms with Crippen molar-refractivity contribution in [3.63, 3.8) is 0 Å². The Labute approximate surface area is 354 Å². The van der Waals surface area contributed by atoms with Gasteiger partial charge in [-0.05, 0) is 99.9 Å². The van der Waals surface area contributed by atoms with Gasteiger partial charge in [0.1, 0.15) is 34.6 Å². The molecule has 3 amide bonds. The molecule has 314 valence electrons. The first kappa shape index (κ1) is 41.0. The molecule has 0 aliphatic carbocycles. The molecule has 4 N–H and O–H groups in total. The molecule has 61 heavy (non-hydrogen) atoms. The van der Waals surface area contributed by atoms with E-state index in [0.29, 0.717) is 83.2 Å². The second kappa shape index (κ2) is 16.7. The van der Waals surface area contributed by atoms with Crippen molar-refractivity contribution in [1.82, 2.24) is 34.6 Å². The number of carbonyl (C=O) groups is 4. The number of amides is 3. The molecule has 1 saturated heterocycles. The molecule has 4 aromatic carbocycles. The van der Waals surface area contributed by atoms with E-state index in [1.165, 1.54) is 12.1 Å². The average Bonchev–Trinajstić information content (AvgIpc) is 3.81. The molecule has 14 nitrogen and oxygen atoms in total. The number of aromatic nitrogens is 5. The smallest absolute Gasteiger partial charge is 0.352 e. The molecular weight excluding hydrogens is 803 g/mol. The number of nitrogens with zero attached hydrogens (tertiary/aromatic N) is 5. The number of imide groups is 1. The number of para-hydroxylation sites is 1. The SMILES string of the molecule is Cc1nn(C)c(C)c1-c1c(Cl)ccc2c(CCCOc3cccc4cc(F)ccc34)c(C(=O)O)n(CCCNn3c(C)nc4c(C(=O)NC5CCC(=O)NC5=O)cccc43)c12. The standard InChI is InChI=1S/C45H44ClFN8O6/c1-24-38(25(2)53(4)52-24)39-33(46)17-16-31-30(11-7-22-61-36-13-5-9-27-23-28(47)14-15-29(27)36)42(45(59)60)54(41(31)39)21-8-20-48-55-26(3)49-40-32(10-6-12-35(40)55)43(57)50-34-18-19-37(56)51-44(34)58/h5-6,9-10,12-17,23,34,48H,7-8,11,18-22H2,1-4H3,(H,50,57)(H,59,60)(H,51,56,58). The van der Waals surface area contributed by atoms with Gasteiger partial charge in [0.25, 0.3) is 5.91 Å². The van der Waals surface area contributed by atoms with Crippen LogP contribution in [0.1, 0.15) is 69.3 Å². The van der Waals surface area contributed by atoms with Crippen molar-refractivity contribution in [2.75, 3.05) is 18.6 Å². The summed E-state index contributed by atoms with van der Waals surface area (Å²) in [6.45, 7) is 6.68. The molecule has 4 heterocycles. The highest BCUT2D eigenvalue weighted by atomic mass is 35.5. The van der Waals surface area contributed by atoms with Gasteiger partial charge in [0.15, 0.2) is 0 Å². The van der Waals surface area contributed by atoms with Crippen molar-refractivity contribution in [1.29, 1.82) is 0 Å². The van der Waals surface area contributed by atoms with Crippen molar-refractivity contribution < 1.29 is 33.4 Å². The fraction of sp³-hybridized carbons (Fsp3) is 0.289. The van der Waals surface area contributed by atoms with E-state index in [4.69, 9.17) is 16.3 Å². The number of imidazole rings is 1. The monoisotopic (exact) mass is 846 g/mol. The normalized spacial score (nSPS) is 14.2. The second-order valence-electron chi connectivity index (χ2n) is 15.3. The van der Waals surface area contributed by atoms with Crippen LogP contribution in [0.4, 0.5) is 4.39 Å². The number of carbonyl (C=O) groups excluding carboxylic acids is 3. The zero-order valence-electron chi connectivity index (χ0n) is 34.1.